The fourth-order valence-electron chi connectivity index (χ4n) is 3.73. The minimum atomic E-state index is -0.407. The first-order valence-electron chi connectivity index (χ1n) is 9.41. The van der Waals surface area contributed by atoms with E-state index in [4.69, 9.17) is 4.74 Å². The van der Waals surface area contributed by atoms with Crippen LogP contribution in [0.15, 0.2) is 48.7 Å². The van der Waals surface area contributed by atoms with Crippen LogP contribution in [0.4, 0.5) is 0 Å². The van der Waals surface area contributed by atoms with E-state index in [2.05, 4.69) is 10.3 Å². The first kappa shape index (κ1) is 18.8. The minimum absolute atomic E-state index is 0.0703. The average molecular weight is 398 g/mol. The topological polar surface area (TPSA) is 71.5 Å². The van der Waals surface area contributed by atoms with E-state index in [1.54, 1.807) is 22.9 Å². The standard InChI is InChI=1S/C21H23N3O3S/c1-21-10-9-18(25)24(21)17(14-28-21)19(26)23-12-16-8-5-11-22-20(16)27-13-15-6-3-2-4-7-15/h2-8,11,17H,9-10,12-14H2,1H3,(H,23,26)/t17-,21+/m0/s1. The molecule has 6 nitrogen and oxygen atoms in total. The number of carbonyl (C=O) groups excluding carboxylic acids is 2. The van der Waals surface area contributed by atoms with Gasteiger partial charge in [-0.15, -0.1) is 11.8 Å². The zero-order valence-electron chi connectivity index (χ0n) is 15.8. The van der Waals surface area contributed by atoms with Crippen molar-refractivity contribution in [3.8, 4) is 5.88 Å². The van der Waals surface area contributed by atoms with Crippen LogP contribution < -0.4 is 10.1 Å². The van der Waals surface area contributed by atoms with Gasteiger partial charge in [0.15, 0.2) is 0 Å². The Labute approximate surface area is 168 Å². The quantitative estimate of drug-likeness (QED) is 0.812. The molecule has 0 unspecified atom stereocenters. The third kappa shape index (κ3) is 3.71. The Morgan fingerprint density at radius 3 is 2.96 bits per heavy atom. The summed E-state index contributed by atoms with van der Waals surface area (Å²) in [5.74, 6) is 1.10. The van der Waals surface area contributed by atoms with Crippen molar-refractivity contribution in [1.82, 2.24) is 15.2 Å². The molecule has 2 amide bonds. The second kappa shape index (κ2) is 7.83. The Morgan fingerprint density at radius 1 is 1.32 bits per heavy atom. The van der Waals surface area contributed by atoms with E-state index in [0.717, 1.165) is 17.5 Å². The Morgan fingerprint density at radius 2 is 2.14 bits per heavy atom. The summed E-state index contributed by atoms with van der Waals surface area (Å²) < 4.78 is 5.85. The van der Waals surface area contributed by atoms with Crippen molar-refractivity contribution in [1.29, 1.82) is 0 Å². The molecule has 2 aliphatic rings. The van der Waals surface area contributed by atoms with Gasteiger partial charge in [-0.05, 0) is 25.0 Å². The van der Waals surface area contributed by atoms with Crippen LogP contribution in [-0.2, 0) is 22.7 Å². The summed E-state index contributed by atoms with van der Waals surface area (Å²) in [5, 5.41) is 2.96. The van der Waals surface area contributed by atoms with E-state index in [0.29, 0.717) is 31.2 Å². The first-order valence-corrected chi connectivity index (χ1v) is 10.4. The van der Waals surface area contributed by atoms with Gasteiger partial charge in [-0.3, -0.25) is 9.59 Å². The predicted octanol–water partition coefficient (Wildman–Crippen LogP) is 2.73. The van der Waals surface area contributed by atoms with Gasteiger partial charge in [0.25, 0.3) is 0 Å². The fraction of sp³-hybridized carbons (Fsp3) is 0.381. The molecule has 1 aromatic carbocycles. The summed E-state index contributed by atoms with van der Waals surface area (Å²) in [4.78, 5) is 30.8. The molecule has 1 N–H and O–H groups in total. The lowest BCUT2D eigenvalue weighted by atomic mass is 10.2. The van der Waals surface area contributed by atoms with Crippen LogP contribution in [0.2, 0.25) is 0 Å². The van der Waals surface area contributed by atoms with E-state index >= 15 is 0 Å². The smallest absolute Gasteiger partial charge is 0.243 e. The van der Waals surface area contributed by atoms with Crippen molar-refractivity contribution in [3.05, 3.63) is 59.8 Å². The van der Waals surface area contributed by atoms with Crippen molar-refractivity contribution >= 4 is 23.6 Å². The molecule has 2 fully saturated rings. The van der Waals surface area contributed by atoms with E-state index in [1.807, 2.05) is 49.4 Å². The van der Waals surface area contributed by atoms with Crippen LogP contribution in [0.3, 0.4) is 0 Å². The van der Waals surface area contributed by atoms with Crippen LogP contribution in [-0.4, -0.2) is 38.4 Å². The zero-order valence-corrected chi connectivity index (χ0v) is 16.6. The maximum atomic E-state index is 12.8. The number of fused-ring (bicyclic) bond motifs is 1. The highest BCUT2D eigenvalue weighted by Gasteiger charge is 2.52. The molecule has 2 aromatic rings. The van der Waals surface area contributed by atoms with Gasteiger partial charge >= 0.3 is 0 Å². The number of hydrogen-bond acceptors (Lipinski definition) is 5. The molecular formula is C21H23N3O3S. The van der Waals surface area contributed by atoms with Gasteiger partial charge in [0.05, 0.1) is 4.87 Å². The lowest BCUT2D eigenvalue weighted by molar-refractivity contribution is -0.138. The number of aromatic nitrogens is 1. The van der Waals surface area contributed by atoms with Gasteiger partial charge in [0.1, 0.15) is 12.6 Å². The molecule has 3 heterocycles. The van der Waals surface area contributed by atoms with E-state index in [1.165, 1.54) is 0 Å². The van der Waals surface area contributed by atoms with Crippen molar-refractivity contribution in [3.63, 3.8) is 0 Å². The van der Waals surface area contributed by atoms with Gasteiger partial charge < -0.3 is 15.0 Å². The van der Waals surface area contributed by atoms with E-state index in [9.17, 15) is 9.59 Å². The largest absolute Gasteiger partial charge is 0.473 e. The van der Waals surface area contributed by atoms with Gasteiger partial charge in [-0.25, -0.2) is 4.98 Å². The number of ether oxygens (including phenoxy) is 1. The number of nitrogens with one attached hydrogen (secondary N) is 1. The number of thioether (sulfide) groups is 1. The molecule has 146 valence electrons. The Balaban J connectivity index is 1.38. The monoisotopic (exact) mass is 397 g/mol. The second-order valence-corrected chi connectivity index (χ2v) is 8.73. The number of nitrogens with zero attached hydrogens (tertiary/aromatic N) is 2. The average Bonchev–Trinajstić information content (AvgIpc) is 3.21. The lowest BCUT2D eigenvalue weighted by Gasteiger charge is -2.29. The summed E-state index contributed by atoms with van der Waals surface area (Å²) in [6.07, 6.45) is 3.00. The van der Waals surface area contributed by atoms with Crippen LogP contribution in [0.5, 0.6) is 5.88 Å². The predicted molar refractivity (Wildman–Crippen MR) is 108 cm³/mol. The first-order chi connectivity index (χ1) is 13.6. The van der Waals surface area contributed by atoms with Gasteiger partial charge in [-0.1, -0.05) is 36.4 Å². The number of benzene rings is 1. The molecule has 1 aromatic heterocycles. The molecule has 28 heavy (non-hydrogen) atoms. The molecule has 2 aliphatic heterocycles. The van der Waals surface area contributed by atoms with E-state index < -0.39 is 6.04 Å². The maximum Gasteiger partial charge on any atom is 0.243 e. The zero-order chi connectivity index (χ0) is 19.6. The third-order valence-corrected chi connectivity index (χ3v) is 6.77. The van der Waals surface area contributed by atoms with Crippen molar-refractivity contribution < 1.29 is 14.3 Å². The summed E-state index contributed by atoms with van der Waals surface area (Å²) in [6.45, 7) is 2.78. The lowest BCUT2D eigenvalue weighted by Crippen LogP contribution is -2.49. The number of pyridine rings is 1. The maximum absolute atomic E-state index is 12.8. The van der Waals surface area contributed by atoms with Crippen molar-refractivity contribution in [2.75, 3.05) is 5.75 Å². The highest BCUT2D eigenvalue weighted by molar-refractivity contribution is 8.01. The molecular weight excluding hydrogens is 374 g/mol. The summed E-state index contributed by atoms with van der Waals surface area (Å²) in [5.41, 5.74) is 1.87. The van der Waals surface area contributed by atoms with Gasteiger partial charge in [-0.2, -0.15) is 0 Å². The van der Waals surface area contributed by atoms with Crippen LogP contribution in [0.1, 0.15) is 30.9 Å². The van der Waals surface area contributed by atoms with Crippen molar-refractivity contribution in [2.24, 2.45) is 0 Å². The van der Waals surface area contributed by atoms with Crippen LogP contribution in [0, 0.1) is 0 Å². The summed E-state index contributed by atoms with van der Waals surface area (Å²) in [7, 11) is 0. The highest BCUT2D eigenvalue weighted by Crippen LogP contribution is 2.47. The number of rotatable bonds is 6. The second-order valence-electron chi connectivity index (χ2n) is 7.23. The van der Waals surface area contributed by atoms with Crippen LogP contribution >= 0.6 is 11.8 Å². The Hall–Kier alpha value is -2.54. The third-order valence-electron chi connectivity index (χ3n) is 5.27. The molecule has 2 atom stereocenters. The fourth-order valence-corrected chi connectivity index (χ4v) is 5.16. The molecule has 0 saturated carbocycles. The van der Waals surface area contributed by atoms with Crippen molar-refractivity contribution in [2.45, 2.75) is 43.8 Å². The summed E-state index contributed by atoms with van der Waals surface area (Å²) >= 11 is 1.69. The molecule has 0 aliphatic carbocycles. The minimum Gasteiger partial charge on any atom is -0.473 e. The number of hydrogen-bond donors (Lipinski definition) is 1. The molecule has 0 spiro atoms. The van der Waals surface area contributed by atoms with Crippen LogP contribution in [0.25, 0.3) is 0 Å². The number of amides is 2. The molecule has 7 heteroatoms. The molecule has 4 rings (SSSR count). The molecule has 0 bridgehead atoms. The van der Waals surface area contributed by atoms with E-state index in [-0.39, 0.29) is 16.7 Å². The van der Waals surface area contributed by atoms with Gasteiger partial charge in [0, 0.05) is 30.5 Å². The normalized spacial score (nSPS) is 23.5. The molecule has 0 radical (unpaired) electrons. The summed E-state index contributed by atoms with van der Waals surface area (Å²) in [6, 6.07) is 13.2. The molecule has 2 saturated heterocycles. The highest BCUT2D eigenvalue weighted by atomic mass is 32.2. The SMILES string of the molecule is C[C@@]12CCC(=O)N1[C@H](C(=O)NCc1cccnc1OCc1ccccc1)CS2. The Bertz CT molecular complexity index is 876. The Kier molecular flexibility index (Phi) is 5.26. The number of carbonyl (C=O) groups is 2. The van der Waals surface area contributed by atoms with Gasteiger partial charge in [0.2, 0.25) is 17.7 Å².